The maximum Gasteiger partial charge on any atom is 0.229 e. The van der Waals surface area contributed by atoms with Crippen LogP contribution in [0.15, 0.2) is 35.8 Å². The molecule has 0 saturated carbocycles. The van der Waals surface area contributed by atoms with Gasteiger partial charge in [0, 0.05) is 60.8 Å². The van der Waals surface area contributed by atoms with Crippen molar-refractivity contribution in [3.63, 3.8) is 0 Å². The van der Waals surface area contributed by atoms with Crippen molar-refractivity contribution in [3.8, 4) is 0 Å². The first kappa shape index (κ1) is 18.7. The van der Waals surface area contributed by atoms with E-state index in [1.54, 1.807) is 0 Å². The van der Waals surface area contributed by atoms with Gasteiger partial charge in [-0.2, -0.15) is 0 Å². The van der Waals surface area contributed by atoms with Gasteiger partial charge in [0.05, 0.1) is 6.42 Å². The number of carbonyl (C=O) groups excluding carboxylic acids is 2. The van der Waals surface area contributed by atoms with Gasteiger partial charge < -0.3 is 14.8 Å². The quantitative estimate of drug-likeness (QED) is 0.721. The number of rotatable bonds is 5. The highest BCUT2D eigenvalue weighted by molar-refractivity contribution is 7.09. The number of piperazine rings is 1. The summed E-state index contributed by atoms with van der Waals surface area (Å²) < 4.78 is 0. The predicted molar refractivity (Wildman–Crippen MR) is 110 cm³/mol. The second-order valence-corrected chi connectivity index (χ2v) is 8.12. The van der Waals surface area contributed by atoms with Crippen LogP contribution < -0.4 is 0 Å². The summed E-state index contributed by atoms with van der Waals surface area (Å²) in [6, 6.07) is 8.15. The van der Waals surface area contributed by atoms with E-state index in [9.17, 15) is 9.59 Å². The molecule has 7 heteroatoms. The van der Waals surface area contributed by atoms with Crippen molar-refractivity contribution in [2.75, 3.05) is 26.2 Å². The number of hydrogen-bond acceptors (Lipinski definition) is 4. The lowest BCUT2D eigenvalue weighted by atomic mass is 10.1. The Kier molecular flexibility index (Phi) is 5.43. The number of hydrogen-bond donors (Lipinski definition) is 1. The van der Waals surface area contributed by atoms with E-state index in [2.05, 4.69) is 16.0 Å². The molecule has 1 aromatic carbocycles. The van der Waals surface area contributed by atoms with E-state index < -0.39 is 0 Å². The molecule has 0 radical (unpaired) electrons. The van der Waals surface area contributed by atoms with Gasteiger partial charge in [0.2, 0.25) is 11.8 Å². The molecule has 3 heterocycles. The minimum absolute atomic E-state index is 0.0974. The van der Waals surface area contributed by atoms with E-state index in [-0.39, 0.29) is 11.8 Å². The molecule has 0 spiro atoms. The van der Waals surface area contributed by atoms with Gasteiger partial charge in [-0.15, -0.1) is 11.3 Å². The van der Waals surface area contributed by atoms with Crippen molar-refractivity contribution >= 4 is 34.1 Å². The monoisotopic (exact) mass is 396 g/mol. The molecule has 146 valence electrons. The van der Waals surface area contributed by atoms with Crippen molar-refractivity contribution < 1.29 is 9.59 Å². The number of thiazole rings is 1. The van der Waals surface area contributed by atoms with Gasteiger partial charge >= 0.3 is 0 Å². The third-order valence-corrected chi connectivity index (χ3v) is 6.20. The maximum atomic E-state index is 12.6. The Morgan fingerprint density at radius 2 is 1.82 bits per heavy atom. The zero-order valence-corrected chi connectivity index (χ0v) is 16.8. The lowest BCUT2D eigenvalue weighted by molar-refractivity contribution is -0.139. The standard InChI is InChI=1S/C21H24N4O2S/c1-15-14-28-19(23-15)12-21(27)25-10-8-24(9-11-25)20(26)7-6-16-13-22-18-5-3-2-4-17(16)18/h2-5,13-14,22H,6-12H2,1H3. The van der Waals surface area contributed by atoms with Crippen molar-refractivity contribution in [2.45, 2.75) is 26.2 Å². The van der Waals surface area contributed by atoms with Gasteiger partial charge in [0.25, 0.3) is 0 Å². The molecule has 1 saturated heterocycles. The molecule has 0 unspecified atom stereocenters. The molecule has 2 aromatic heterocycles. The number of nitrogens with one attached hydrogen (secondary N) is 1. The zero-order chi connectivity index (χ0) is 19.5. The molecule has 0 atom stereocenters. The van der Waals surface area contributed by atoms with E-state index in [1.807, 2.05) is 46.5 Å². The largest absolute Gasteiger partial charge is 0.361 e. The third-order valence-electron chi connectivity index (χ3n) is 5.24. The van der Waals surface area contributed by atoms with Gasteiger partial charge in [-0.05, 0) is 25.0 Å². The topological polar surface area (TPSA) is 69.3 Å². The molecule has 1 aliphatic heterocycles. The Hall–Kier alpha value is -2.67. The molecular formula is C21H24N4O2S. The molecule has 1 fully saturated rings. The van der Waals surface area contributed by atoms with Gasteiger partial charge in [-0.3, -0.25) is 9.59 Å². The predicted octanol–water partition coefficient (Wildman–Crippen LogP) is 2.78. The van der Waals surface area contributed by atoms with Gasteiger partial charge in [0.15, 0.2) is 0 Å². The minimum Gasteiger partial charge on any atom is -0.361 e. The number of amides is 2. The molecule has 28 heavy (non-hydrogen) atoms. The second-order valence-electron chi connectivity index (χ2n) is 7.18. The molecule has 4 rings (SSSR count). The summed E-state index contributed by atoms with van der Waals surface area (Å²) >= 11 is 1.53. The molecule has 0 bridgehead atoms. The fraction of sp³-hybridized carbons (Fsp3) is 0.381. The number of benzene rings is 1. The first-order valence-corrected chi connectivity index (χ1v) is 10.5. The van der Waals surface area contributed by atoms with Crippen LogP contribution in [-0.2, 0) is 22.4 Å². The average molecular weight is 397 g/mol. The highest BCUT2D eigenvalue weighted by Gasteiger charge is 2.24. The third kappa shape index (κ3) is 4.09. The lowest BCUT2D eigenvalue weighted by Crippen LogP contribution is -2.51. The molecule has 1 N–H and O–H groups in total. The van der Waals surface area contributed by atoms with Crippen LogP contribution in [0.1, 0.15) is 22.7 Å². The molecule has 2 amide bonds. The van der Waals surface area contributed by atoms with E-state index in [1.165, 1.54) is 22.3 Å². The minimum atomic E-state index is 0.0974. The summed E-state index contributed by atoms with van der Waals surface area (Å²) in [6.07, 6.45) is 3.57. The second kappa shape index (κ2) is 8.14. The molecule has 3 aromatic rings. The van der Waals surface area contributed by atoms with Gasteiger partial charge in [-0.25, -0.2) is 4.98 Å². The summed E-state index contributed by atoms with van der Waals surface area (Å²) in [5, 5.41) is 4.01. The number of aromatic nitrogens is 2. The number of aryl methyl sites for hydroxylation is 2. The van der Waals surface area contributed by atoms with Crippen molar-refractivity contribution in [3.05, 3.63) is 52.1 Å². The summed E-state index contributed by atoms with van der Waals surface area (Å²) in [4.78, 5) is 36.4. The number of carbonyl (C=O) groups is 2. The summed E-state index contributed by atoms with van der Waals surface area (Å²) in [5.41, 5.74) is 3.24. The summed E-state index contributed by atoms with van der Waals surface area (Å²) in [6.45, 7) is 4.35. The van der Waals surface area contributed by atoms with E-state index in [4.69, 9.17) is 0 Å². The van der Waals surface area contributed by atoms with E-state index >= 15 is 0 Å². The first-order chi connectivity index (χ1) is 13.6. The van der Waals surface area contributed by atoms with E-state index in [0.29, 0.717) is 39.0 Å². The summed E-state index contributed by atoms with van der Waals surface area (Å²) in [5.74, 6) is 0.258. The highest BCUT2D eigenvalue weighted by atomic mass is 32.1. The number of nitrogens with zero attached hydrogens (tertiary/aromatic N) is 3. The van der Waals surface area contributed by atoms with Crippen LogP contribution in [0.4, 0.5) is 0 Å². The Bertz CT molecular complexity index is 985. The SMILES string of the molecule is Cc1csc(CC(=O)N2CCN(C(=O)CCc3c[nH]c4ccccc34)CC2)n1. The highest BCUT2D eigenvalue weighted by Crippen LogP contribution is 2.19. The molecule has 1 aliphatic rings. The van der Waals surface area contributed by atoms with Crippen LogP contribution in [-0.4, -0.2) is 57.8 Å². The average Bonchev–Trinajstić information content (AvgIpc) is 3.32. The Morgan fingerprint density at radius 1 is 1.11 bits per heavy atom. The number of aromatic amines is 1. The molecule has 0 aliphatic carbocycles. The number of fused-ring (bicyclic) bond motifs is 1. The Morgan fingerprint density at radius 3 is 2.54 bits per heavy atom. The zero-order valence-electron chi connectivity index (χ0n) is 16.0. The maximum absolute atomic E-state index is 12.6. The molecule has 6 nitrogen and oxygen atoms in total. The van der Waals surface area contributed by atoms with Crippen LogP contribution in [0.2, 0.25) is 0 Å². The van der Waals surface area contributed by atoms with Crippen LogP contribution in [0.5, 0.6) is 0 Å². The van der Waals surface area contributed by atoms with Gasteiger partial charge in [-0.1, -0.05) is 18.2 Å². The summed E-state index contributed by atoms with van der Waals surface area (Å²) in [7, 11) is 0. The van der Waals surface area contributed by atoms with Crippen LogP contribution in [0.3, 0.4) is 0 Å². The smallest absolute Gasteiger partial charge is 0.229 e. The van der Waals surface area contributed by atoms with Crippen molar-refractivity contribution in [1.82, 2.24) is 19.8 Å². The van der Waals surface area contributed by atoms with Crippen LogP contribution in [0, 0.1) is 6.92 Å². The Labute approximate surface area is 168 Å². The number of para-hydroxylation sites is 1. The van der Waals surface area contributed by atoms with Crippen molar-refractivity contribution in [2.24, 2.45) is 0 Å². The van der Waals surface area contributed by atoms with Gasteiger partial charge in [0.1, 0.15) is 5.01 Å². The van der Waals surface area contributed by atoms with Crippen LogP contribution in [0.25, 0.3) is 10.9 Å². The first-order valence-electron chi connectivity index (χ1n) is 9.62. The van der Waals surface area contributed by atoms with Crippen molar-refractivity contribution in [1.29, 1.82) is 0 Å². The van der Waals surface area contributed by atoms with E-state index in [0.717, 1.165) is 22.6 Å². The Balaban J connectivity index is 1.26. The fourth-order valence-electron chi connectivity index (χ4n) is 3.67. The molecular weight excluding hydrogens is 372 g/mol. The fourth-order valence-corrected chi connectivity index (χ4v) is 4.43. The lowest BCUT2D eigenvalue weighted by Gasteiger charge is -2.34. The van der Waals surface area contributed by atoms with Crippen LogP contribution >= 0.6 is 11.3 Å². The number of H-pyrrole nitrogens is 1. The normalized spacial score (nSPS) is 14.6.